The molecule has 3 rings (SSSR count). The van der Waals surface area contributed by atoms with Crippen LogP contribution in [0.25, 0.3) is 5.95 Å². The summed E-state index contributed by atoms with van der Waals surface area (Å²) in [6.07, 6.45) is -4.43. The van der Waals surface area contributed by atoms with Crippen molar-refractivity contribution in [3.63, 3.8) is 0 Å². The number of thioether (sulfide) groups is 1. The van der Waals surface area contributed by atoms with Gasteiger partial charge in [0.2, 0.25) is 11.1 Å². The van der Waals surface area contributed by atoms with Crippen LogP contribution >= 0.6 is 11.8 Å². The fraction of sp³-hybridized carbons (Fsp3) is 0.294. The lowest BCUT2D eigenvalue weighted by Crippen LogP contribution is -2.24. The molecule has 2 heterocycles. The number of nitrogens with zero attached hydrogens (tertiary/aromatic N) is 5. The van der Waals surface area contributed by atoms with Gasteiger partial charge in [0.1, 0.15) is 0 Å². The lowest BCUT2D eigenvalue weighted by Gasteiger charge is -2.12. The van der Waals surface area contributed by atoms with Crippen molar-refractivity contribution in [3.05, 3.63) is 47.3 Å². The molecule has 3 aromatic rings. The summed E-state index contributed by atoms with van der Waals surface area (Å²) in [5, 5.41) is 14.5. The van der Waals surface area contributed by atoms with Crippen molar-refractivity contribution in [1.82, 2.24) is 24.7 Å². The number of hydrogen-bond donors (Lipinski definition) is 2. The first-order valence-corrected chi connectivity index (χ1v) is 9.33. The molecule has 0 radical (unpaired) electrons. The second-order valence-electron chi connectivity index (χ2n) is 6.32. The van der Waals surface area contributed by atoms with E-state index in [2.05, 4.69) is 20.6 Å². The summed E-state index contributed by atoms with van der Waals surface area (Å²) >= 11 is 1.06. The summed E-state index contributed by atoms with van der Waals surface area (Å²) in [4.78, 5) is 12.4. The topological polar surface area (TPSA) is 104 Å². The summed E-state index contributed by atoms with van der Waals surface area (Å²) in [6, 6.07) is 6.08. The van der Waals surface area contributed by atoms with E-state index in [0.717, 1.165) is 35.3 Å². The summed E-state index contributed by atoms with van der Waals surface area (Å²) in [6.45, 7) is 5.31. The van der Waals surface area contributed by atoms with E-state index in [4.69, 9.17) is 5.84 Å². The molecule has 0 fully saturated rings. The minimum Gasteiger partial charge on any atom is -0.334 e. The average Bonchev–Trinajstić information content (AvgIpc) is 3.16. The number of carbonyl (C=O) groups is 1. The van der Waals surface area contributed by atoms with Gasteiger partial charge in [0.25, 0.3) is 5.95 Å². The molecule has 0 aliphatic carbocycles. The van der Waals surface area contributed by atoms with Gasteiger partial charge in [-0.05, 0) is 51.1 Å². The molecule has 1 atom stereocenters. The Balaban J connectivity index is 1.68. The second-order valence-corrected chi connectivity index (χ2v) is 7.62. The lowest BCUT2D eigenvalue weighted by atomic mass is 10.2. The number of anilines is 1. The molecule has 1 amide bonds. The number of nitrogen functional groups attached to an aromatic ring is 1. The number of carbonyl (C=O) groups excluding carboxylic acids is 1. The van der Waals surface area contributed by atoms with Gasteiger partial charge < -0.3 is 11.2 Å². The quantitative estimate of drug-likeness (QED) is 0.481. The van der Waals surface area contributed by atoms with Crippen LogP contribution in [0.3, 0.4) is 0 Å². The van der Waals surface area contributed by atoms with E-state index in [1.54, 1.807) is 11.6 Å². The number of aromatic nitrogens is 5. The van der Waals surface area contributed by atoms with Gasteiger partial charge in [0.15, 0.2) is 0 Å². The normalized spacial score (nSPS) is 12.8. The van der Waals surface area contributed by atoms with Crippen molar-refractivity contribution in [3.8, 4) is 5.95 Å². The first-order chi connectivity index (χ1) is 13.6. The van der Waals surface area contributed by atoms with Crippen molar-refractivity contribution in [1.29, 1.82) is 0 Å². The number of nitrogens with one attached hydrogen (secondary N) is 1. The lowest BCUT2D eigenvalue weighted by molar-refractivity contribution is -0.137. The van der Waals surface area contributed by atoms with Gasteiger partial charge in [0.05, 0.1) is 16.5 Å². The monoisotopic (exact) mass is 425 g/mol. The highest BCUT2D eigenvalue weighted by Gasteiger charge is 2.30. The van der Waals surface area contributed by atoms with Gasteiger partial charge >= 0.3 is 6.18 Å². The molecule has 8 nitrogen and oxygen atoms in total. The smallest absolute Gasteiger partial charge is 0.334 e. The maximum Gasteiger partial charge on any atom is 0.416 e. The highest BCUT2D eigenvalue weighted by atomic mass is 32.2. The van der Waals surface area contributed by atoms with Gasteiger partial charge in [-0.3, -0.25) is 4.79 Å². The molecule has 12 heteroatoms. The van der Waals surface area contributed by atoms with E-state index in [-0.39, 0.29) is 5.69 Å². The Morgan fingerprint density at radius 2 is 1.86 bits per heavy atom. The minimum absolute atomic E-state index is 0.257. The van der Waals surface area contributed by atoms with Gasteiger partial charge in [-0.25, -0.2) is 9.36 Å². The number of rotatable bonds is 5. The Bertz CT molecular complexity index is 1030. The average molecular weight is 425 g/mol. The number of halogens is 3. The third-order valence-electron chi connectivity index (χ3n) is 3.98. The SMILES string of the molecule is Cc1cc(C)n(-c2nnc(SC(C)C(=O)Nc3ccc(C(F)(F)F)cc3)n2N)n1. The zero-order valence-corrected chi connectivity index (χ0v) is 16.5. The molecule has 0 aliphatic heterocycles. The van der Waals surface area contributed by atoms with Crippen LogP contribution < -0.4 is 11.2 Å². The molecular weight excluding hydrogens is 407 g/mol. The summed E-state index contributed by atoms with van der Waals surface area (Å²) in [5.74, 6) is 5.93. The summed E-state index contributed by atoms with van der Waals surface area (Å²) in [5.41, 5.74) is 1.09. The van der Waals surface area contributed by atoms with Gasteiger partial charge in [0, 0.05) is 11.4 Å². The minimum atomic E-state index is -4.43. The van der Waals surface area contributed by atoms with Crippen molar-refractivity contribution in [2.45, 2.75) is 37.4 Å². The van der Waals surface area contributed by atoms with Crippen LogP contribution in [0, 0.1) is 13.8 Å². The standard InChI is InChI=1S/C17H18F3N7OS/c1-9-8-10(2)27(25-9)15-23-24-16(26(15)21)29-11(3)14(28)22-13-6-4-12(5-7-13)17(18,19)20/h4-8,11H,21H2,1-3H3,(H,22,28). The van der Waals surface area contributed by atoms with Crippen molar-refractivity contribution in [2.75, 3.05) is 11.2 Å². The van der Waals surface area contributed by atoms with E-state index >= 15 is 0 Å². The van der Waals surface area contributed by atoms with E-state index < -0.39 is 22.9 Å². The number of aryl methyl sites for hydroxylation is 2. The second kappa shape index (κ2) is 7.78. The molecule has 29 heavy (non-hydrogen) atoms. The Kier molecular flexibility index (Phi) is 5.55. The Morgan fingerprint density at radius 1 is 1.21 bits per heavy atom. The first kappa shape index (κ1) is 20.7. The summed E-state index contributed by atoms with van der Waals surface area (Å²) in [7, 11) is 0. The molecule has 2 aromatic heterocycles. The summed E-state index contributed by atoms with van der Waals surface area (Å²) < 4.78 is 40.6. The number of hydrogen-bond acceptors (Lipinski definition) is 6. The van der Waals surface area contributed by atoms with E-state index in [1.165, 1.54) is 16.8 Å². The van der Waals surface area contributed by atoms with Crippen LogP contribution in [0.5, 0.6) is 0 Å². The van der Waals surface area contributed by atoms with Crippen molar-refractivity contribution >= 4 is 23.4 Å². The Morgan fingerprint density at radius 3 is 2.41 bits per heavy atom. The molecule has 3 N–H and O–H groups in total. The zero-order chi connectivity index (χ0) is 21.3. The molecule has 1 unspecified atom stereocenters. The molecule has 0 aliphatic rings. The highest BCUT2D eigenvalue weighted by molar-refractivity contribution is 8.00. The maximum absolute atomic E-state index is 12.6. The van der Waals surface area contributed by atoms with Crippen LogP contribution in [0.15, 0.2) is 35.5 Å². The molecule has 154 valence electrons. The van der Waals surface area contributed by atoms with Gasteiger partial charge in [-0.15, -0.1) is 10.2 Å². The van der Waals surface area contributed by atoms with Crippen LogP contribution in [0.4, 0.5) is 18.9 Å². The third-order valence-corrected chi connectivity index (χ3v) is 5.03. The Labute approximate surface area is 168 Å². The van der Waals surface area contributed by atoms with Gasteiger partial charge in [-0.2, -0.15) is 18.3 Å². The predicted molar refractivity (Wildman–Crippen MR) is 102 cm³/mol. The van der Waals surface area contributed by atoms with Crippen molar-refractivity contribution in [2.24, 2.45) is 0 Å². The Hall–Kier alpha value is -3.02. The van der Waals surface area contributed by atoms with Crippen LogP contribution in [0.1, 0.15) is 23.9 Å². The highest BCUT2D eigenvalue weighted by Crippen LogP contribution is 2.30. The number of alkyl halides is 3. The predicted octanol–water partition coefficient (Wildman–Crippen LogP) is 2.93. The first-order valence-electron chi connectivity index (χ1n) is 8.45. The number of benzene rings is 1. The molecule has 0 saturated heterocycles. The fourth-order valence-electron chi connectivity index (χ4n) is 2.52. The molecule has 1 aromatic carbocycles. The van der Waals surface area contributed by atoms with Crippen LogP contribution in [0.2, 0.25) is 0 Å². The van der Waals surface area contributed by atoms with E-state index in [1.807, 2.05) is 19.9 Å². The fourth-order valence-corrected chi connectivity index (χ4v) is 3.29. The molecule has 0 saturated carbocycles. The van der Waals surface area contributed by atoms with E-state index in [9.17, 15) is 18.0 Å². The third kappa shape index (κ3) is 4.53. The zero-order valence-electron chi connectivity index (χ0n) is 15.7. The van der Waals surface area contributed by atoms with Crippen LogP contribution in [-0.2, 0) is 11.0 Å². The van der Waals surface area contributed by atoms with E-state index in [0.29, 0.717) is 11.1 Å². The van der Waals surface area contributed by atoms with Crippen LogP contribution in [-0.4, -0.2) is 35.8 Å². The van der Waals surface area contributed by atoms with Gasteiger partial charge in [-0.1, -0.05) is 11.8 Å². The molecule has 0 spiro atoms. The largest absolute Gasteiger partial charge is 0.416 e. The molecular formula is C17H18F3N7OS. The maximum atomic E-state index is 12.6. The number of amides is 1. The molecule has 0 bridgehead atoms. The number of nitrogens with two attached hydrogens (primary N) is 1. The van der Waals surface area contributed by atoms with Crippen molar-refractivity contribution < 1.29 is 18.0 Å².